The van der Waals surface area contributed by atoms with Crippen LogP contribution in [0.4, 0.5) is 5.69 Å². The fourth-order valence-corrected chi connectivity index (χ4v) is 6.81. The minimum absolute atomic E-state index is 0.0635. The third kappa shape index (κ3) is 4.22. The summed E-state index contributed by atoms with van der Waals surface area (Å²) in [6, 6.07) is 12.5. The van der Waals surface area contributed by atoms with Gasteiger partial charge in [0.05, 0.1) is 29.2 Å². The predicted molar refractivity (Wildman–Crippen MR) is 147 cm³/mol. The zero-order valence-corrected chi connectivity index (χ0v) is 22.0. The highest BCUT2D eigenvalue weighted by Gasteiger charge is 2.55. The number of aliphatic carboxylic acids is 1. The molecule has 1 aliphatic heterocycles. The lowest BCUT2D eigenvalue weighted by atomic mass is 9.50. The van der Waals surface area contributed by atoms with Crippen molar-refractivity contribution in [3.05, 3.63) is 59.3 Å². The molecule has 1 spiro atoms. The molecule has 2 saturated carbocycles. The molecule has 1 aromatic heterocycles. The third-order valence-corrected chi connectivity index (χ3v) is 8.88. The maximum Gasteiger partial charge on any atom is 0.306 e. The molecule has 3 aliphatic rings. The molecule has 7 nitrogen and oxygen atoms in total. The molecule has 2 N–H and O–H groups in total. The van der Waals surface area contributed by atoms with E-state index in [2.05, 4.69) is 53.2 Å². The third-order valence-electron chi connectivity index (χ3n) is 8.88. The summed E-state index contributed by atoms with van der Waals surface area (Å²) in [4.78, 5) is 27.2. The van der Waals surface area contributed by atoms with Crippen molar-refractivity contribution < 1.29 is 14.7 Å². The Balaban J connectivity index is 1.25. The maximum atomic E-state index is 13.5. The van der Waals surface area contributed by atoms with Crippen LogP contribution in [0.2, 0.25) is 0 Å². The SMILES string of the molecule is CC#Cc1ccc(C(=O)NC2CC3(C2)CC(C(=O)O)C3)c2c1cnn2[C@H](C)c1ccc(N2CCCC2)cc1. The smallest absolute Gasteiger partial charge is 0.306 e. The van der Waals surface area contributed by atoms with Crippen molar-refractivity contribution in [3.8, 4) is 11.8 Å². The van der Waals surface area contributed by atoms with Gasteiger partial charge >= 0.3 is 5.97 Å². The van der Waals surface area contributed by atoms with Crippen LogP contribution in [0.15, 0.2) is 42.6 Å². The first-order valence-corrected chi connectivity index (χ1v) is 13.7. The van der Waals surface area contributed by atoms with E-state index in [4.69, 9.17) is 5.10 Å². The first kappa shape index (κ1) is 24.5. The number of amides is 1. The number of carbonyl (C=O) groups is 2. The van der Waals surface area contributed by atoms with E-state index in [0.29, 0.717) is 5.56 Å². The number of nitrogens with zero attached hydrogens (tertiary/aromatic N) is 3. The summed E-state index contributed by atoms with van der Waals surface area (Å²) in [6.45, 7) is 6.15. The normalized spacial score (nSPS) is 24.8. The van der Waals surface area contributed by atoms with Crippen molar-refractivity contribution in [2.45, 2.75) is 64.5 Å². The van der Waals surface area contributed by atoms with Gasteiger partial charge in [-0.3, -0.25) is 14.3 Å². The van der Waals surface area contributed by atoms with E-state index in [-0.39, 0.29) is 29.3 Å². The Labute approximate surface area is 223 Å². The number of hydrogen-bond acceptors (Lipinski definition) is 4. The number of aromatic nitrogens is 2. The monoisotopic (exact) mass is 510 g/mol. The molecule has 3 aromatic rings. The average Bonchev–Trinajstić information content (AvgIpc) is 3.55. The van der Waals surface area contributed by atoms with Crippen LogP contribution in [0, 0.1) is 23.2 Å². The summed E-state index contributed by atoms with van der Waals surface area (Å²) < 4.78 is 1.95. The number of rotatable bonds is 6. The first-order valence-electron chi connectivity index (χ1n) is 13.7. The second kappa shape index (κ2) is 9.50. The van der Waals surface area contributed by atoms with Gasteiger partial charge in [-0.15, -0.1) is 5.92 Å². The number of carboxylic acid groups (broad SMARTS) is 1. The van der Waals surface area contributed by atoms with Gasteiger partial charge in [-0.2, -0.15) is 5.10 Å². The molecule has 0 unspecified atom stereocenters. The van der Waals surface area contributed by atoms with E-state index >= 15 is 0 Å². The largest absolute Gasteiger partial charge is 0.481 e. The predicted octanol–water partition coefficient (Wildman–Crippen LogP) is 4.99. The fourth-order valence-electron chi connectivity index (χ4n) is 6.81. The number of carboxylic acids is 1. The standard InChI is InChI=1S/C31H34N4O3/c1-3-6-22-9-12-26(29(36)33-24-17-31(18-24)15-23(16-31)30(37)38)28-27(22)19-32-35(28)20(2)21-7-10-25(11-8-21)34-13-4-5-14-34/h7-12,19-20,23-24H,4-5,13-18H2,1-2H3,(H,33,36)(H,37,38)/t20-,23?,24?,31?/m1/s1. The molecule has 2 aromatic carbocycles. The Morgan fingerprint density at radius 2 is 1.79 bits per heavy atom. The fraction of sp³-hybridized carbons (Fsp3) is 0.452. The molecule has 38 heavy (non-hydrogen) atoms. The molecule has 0 bridgehead atoms. The summed E-state index contributed by atoms with van der Waals surface area (Å²) in [7, 11) is 0. The lowest BCUT2D eigenvalue weighted by molar-refractivity contribution is -0.155. The van der Waals surface area contributed by atoms with Gasteiger partial charge in [-0.25, -0.2) is 0 Å². The molecule has 1 saturated heterocycles. The van der Waals surface area contributed by atoms with Crippen LogP contribution in [0.3, 0.4) is 0 Å². The Kier molecular flexibility index (Phi) is 6.14. The van der Waals surface area contributed by atoms with Crippen LogP contribution in [-0.2, 0) is 4.79 Å². The molecule has 6 rings (SSSR count). The second-order valence-electron chi connectivity index (χ2n) is 11.4. The Hall–Kier alpha value is -3.79. The minimum atomic E-state index is -0.700. The van der Waals surface area contributed by atoms with Crippen molar-refractivity contribution in [1.29, 1.82) is 0 Å². The quantitative estimate of drug-likeness (QED) is 0.456. The van der Waals surface area contributed by atoms with Gasteiger partial charge in [0.25, 0.3) is 5.91 Å². The molecule has 7 heteroatoms. The van der Waals surface area contributed by atoms with Gasteiger partial charge in [0.1, 0.15) is 0 Å². The molecular weight excluding hydrogens is 476 g/mol. The number of benzene rings is 2. The molecule has 2 heterocycles. The van der Waals surface area contributed by atoms with Gasteiger partial charge in [0.2, 0.25) is 0 Å². The minimum Gasteiger partial charge on any atom is -0.481 e. The molecule has 2 aliphatic carbocycles. The first-order chi connectivity index (χ1) is 18.4. The number of anilines is 1. The molecular formula is C31H34N4O3. The van der Waals surface area contributed by atoms with Crippen molar-refractivity contribution in [1.82, 2.24) is 15.1 Å². The summed E-state index contributed by atoms with van der Waals surface area (Å²) in [5.74, 6) is 5.10. The van der Waals surface area contributed by atoms with E-state index in [1.165, 1.54) is 18.5 Å². The number of carbonyl (C=O) groups excluding carboxylic acids is 1. The summed E-state index contributed by atoms with van der Waals surface area (Å²) in [6.07, 6.45) is 7.47. The Morgan fingerprint density at radius 1 is 1.08 bits per heavy atom. The van der Waals surface area contributed by atoms with Gasteiger partial charge in [-0.05, 0) is 87.6 Å². The summed E-state index contributed by atoms with van der Waals surface area (Å²) in [5.41, 5.74) is 4.74. The van der Waals surface area contributed by atoms with Gasteiger partial charge in [0.15, 0.2) is 0 Å². The number of fused-ring (bicyclic) bond motifs is 1. The summed E-state index contributed by atoms with van der Waals surface area (Å²) >= 11 is 0. The topological polar surface area (TPSA) is 87.5 Å². The number of nitrogens with one attached hydrogen (secondary N) is 1. The zero-order valence-electron chi connectivity index (χ0n) is 22.0. The van der Waals surface area contributed by atoms with E-state index in [0.717, 1.165) is 60.8 Å². The molecule has 0 radical (unpaired) electrons. The van der Waals surface area contributed by atoms with Crippen LogP contribution >= 0.6 is 0 Å². The van der Waals surface area contributed by atoms with Crippen LogP contribution < -0.4 is 10.2 Å². The van der Waals surface area contributed by atoms with Crippen LogP contribution in [0.5, 0.6) is 0 Å². The van der Waals surface area contributed by atoms with E-state index in [1.807, 2.05) is 29.9 Å². The molecule has 1 atom stereocenters. The van der Waals surface area contributed by atoms with Crippen molar-refractivity contribution in [2.75, 3.05) is 18.0 Å². The summed E-state index contributed by atoms with van der Waals surface area (Å²) in [5, 5.41) is 18.0. The zero-order chi connectivity index (χ0) is 26.4. The maximum absolute atomic E-state index is 13.5. The van der Waals surface area contributed by atoms with E-state index in [9.17, 15) is 14.7 Å². The lowest BCUT2D eigenvalue weighted by Gasteiger charge is -2.56. The van der Waals surface area contributed by atoms with Crippen molar-refractivity contribution in [3.63, 3.8) is 0 Å². The second-order valence-corrected chi connectivity index (χ2v) is 11.4. The Bertz CT molecular complexity index is 1440. The van der Waals surface area contributed by atoms with Gasteiger partial charge in [0, 0.05) is 35.8 Å². The highest BCUT2D eigenvalue weighted by Crippen LogP contribution is 2.58. The highest BCUT2D eigenvalue weighted by molar-refractivity contribution is 6.07. The lowest BCUT2D eigenvalue weighted by Crippen LogP contribution is -2.57. The van der Waals surface area contributed by atoms with Crippen molar-refractivity contribution >= 4 is 28.5 Å². The highest BCUT2D eigenvalue weighted by atomic mass is 16.4. The van der Waals surface area contributed by atoms with Crippen LogP contribution in [0.1, 0.15) is 79.9 Å². The van der Waals surface area contributed by atoms with Crippen molar-refractivity contribution in [2.24, 2.45) is 11.3 Å². The van der Waals surface area contributed by atoms with E-state index < -0.39 is 5.97 Å². The van der Waals surface area contributed by atoms with Crippen LogP contribution in [0.25, 0.3) is 10.9 Å². The number of hydrogen-bond donors (Lipinski definition) is 2. The molecule has 196 valence electrons. The Morgan fingerprint density at radius 3 is 2.45 bits per heavy atom. The van der Waals surface area contributed by atoms with Gasteiger partial charge < -0.3 is 15.3 Å². The molecule has 1 amide bonds. The molecule has 3 fully saturated rings. The van der Waals surface area contributed by atoms with Gasteiger partial charge in [-0.1, -0.05) is 18.1 Å². The average molecular weight is 511 g/mol. The van der Waals surface area contributed by atoms with E-state index in [1.54, 1.807) is 0 Å². The van der Waals surface area contributed by atoms with Crippen LogP contribution in [-0.4, -0.2) is 45.9 Å².